The molecule has 0 radical (unpaired) electrons. The summed E-state index contributed by atoms with van der Waals surface area (Å²) in [6.07, 6.45) is 4.55. The van der Waals surface area contributed by atoms with Crippen molar-refractivity contribution in [3.05, 3.63) is 35.9 Å². The summed E-state index contributed by atoms with van der Waals surface area (Å²) in [6, 6.07) is 3.74. The molecule has 0 bridgehead atoms. The molecule has 0 saturated carbocycles. The van der Waals surface area contributed by atoms with Crippen LogP contribution in [0.3, 0.4) is 0 Å². The molecule has 0 amide bonds. The third kappa shape index (κ3) is 1.61. The molecule has 16 heavy (non-hydrogen) atoms. The number of rotatable bonds is 1. The van der Waals surface area contributed by atoms with Gasteiger partial charge in [-0.1, -0.05) is 0 Å². The van der Waals surface area contributed by atoms with Gasteiger partial charge in [0.2, 0.25) is 0 Å². The zero-order valence-corrected chi connectivity index (χ0v) is 9.18. The minimum Gasteiger partial charge on any atom is -0.461 e. The normalized spacial score (nSPS) is 16.1. The number of fused-ring (bicyclic) bond motifs is 1. The number of nitrogens with zero attached hydrogens (tertiary/aromatic N) is 3. The highest BCUT2D eigenvalue weighted by Crippen LogP contribution is 2.20. The molecule has 0 aromatic carbocycles. The lowest BCUT2D eigenvalue weighted by atomic mass is 10.1. The van der Waals surface area contributed by atoms with E-state index in [1.165, 1.54) is 5.56 Å². The minimum absolute atomic E-state index is 0.688. The van der Waals surface area contributed by atoms with Gasteiger partial charge in [0.05, 0.1) is 12.0 Å². The Kier molecular flexibility index (Phi) is 2.22. The molecule has 4 nitrogen and oxygen atoms in total. The summed E-state index contributed by atoms with van der Waals surface area (Å²) in [7, 11) is 2.11. The van der Waals surface area contributed by atoms with Crippen LogP contribution in [0.25, 0.3) is 11.6 Å². The Morgan fingerprint density at radius 1 is 1.44 bits per heavy atom. The molecule has 0 aliphatic carbocycles. The average molecular weight is 215 g/mol. The van der Waals surface area contributed by atoms with Crippen molar-refractivity contribution in [2.75, 3.05) is 13.6 Å². The number of furan rings is 1. The Morgan fingerprint density at radius 2 is 2.38 bits per heavy atom. The van der Waals surface area contributed by atoms with Gasteiger partial charge in [0.25, 0.3) is 0 Å². The van der Waals surface area contributed by atoms with E-state index in [1.54, 1.807) is 6.26 Å². The molecule has 2 aromatic heterocycles. The van der Waals surface area contributed by atoms with Crippen LogP contribution >= 0.6 is 0 Å². The molecule has 4 heteroatoms. The molecule has 3 heterocycles. The Hall–Kier alpha value is -1.68. The predicted octanol–water partition coefficient (Wildman–Crippen LogP) is 1.72. The van der Waals surface area contributed by atoms with Crippen molar-refractivity contribution in [1.82, 2.24) is 14.9 Å². The fourth-order valence-electron chi connectivity index (χ4n) is 1.98. The van der Waals surface area contributed by atoms with Gasteiger partial charge in [0, 0.05) is 31.3 Å². The van der Waals surface area contributed by atoms with Crippen LogP contribution in [-0.2, 0) is 13.0 Å². The first-order valence-corrected chi connectivity index (χ1v) is 5.40. The summed E-state index contributed by atoms with van der Waals surface area (Å²) in [5, 5.41) is 0. The molecule has 2 aromatic rings. The Bertz CT molecular complexity index is 493. The fourth-order valence-corrected chi connectivity index (χ4v) is 1.98. The van der Waals surface area contributed by atoms with E-state index in [1.807, 2.05) is 18.3 Å². The van der Waals surface area contributed by atoms with Crippen molar-refractivity contribution in [2.24, 2.45) is 0 Å². The van der Waals surface area contributed by atoms with E-state index in [0.717, 1.165) is 31.0 Å². The summed E-state index contributed by atoms with van der Waals surface area (Å²) < 4.78 is 5.30. The molecule has 0 N–H and O–H groups in total. The van der Waals surface area contributed by atoms with Crippen LogP contribution in [0.4, 0.5) is 0 Å². The molecule has 0 atom stereocenters. The maximum absolute atomic E-state index is 5.30. The predicted molar refractivity (Wildman–Crippen MR) is 59.8 cm³/mol. The number of hydrogen-bond acceptors (Lipinski definition) is 4. The SMILES string of the molecule is CN1CCc2nc(-c3ccco3)ncc2C1. The molecule has 0 saturated heterocycles. The van der Waals surface area contributed by atoms with Gasteiger partial charge in [0.15, 0.2) is 11.6 Å². The van der Waals surface area contributed by atoms with Crippen LogP contribution < -0.4 is 0 Å². The zero-order chi connectivity index (χ0) is 11.0. The van der Waals surface area contributed by atoms with E-state index >= 15 is 0 Å². The summed E-state index contributed by atoms with van der Waals surface area (Å²) >= 11 is 0. The lowest BCUT2D eigenvalue weighted by molar-refractivity contribution is 0.309. The molecule has 3 rings (SSSR count). The van der Waals surface area contributed by atoms with Gasteiger partial charge in [-0.2, -0.15) is 0 Å². The second-order valence-corrected chi connectivity index (χ2v) is 4.13. The van der Waals surface area contributed by atoms with Gasteiger partial charge < -0.3 is 9.32 Å². The second kappa shape index (κ2) is 3.72. The van der Waals surface area contributed by atoms with Crippen LogP contribution in [0.15, 0.2) is 29.0 Å². The van der Waals surface area contributed by atoms with E-state index < -0.39 is 0 Å². The number of hydrogen-bond donors (Lipinski definition) is 0. The van der Waals surface area contributed by atoms with Crippen molar-refractivity contribution in [3.63, 3.8) is 0 Å². The zero-order valence-electron chi connectivity index (χ0n) is 9.18. The molecule has 1 aliphatic rings. The molecule has 82 valence electrons. The Morgan fingerprint density at radius 3 is 3.19 bits per heavy atom. The molecule has 1 aliphatic heterocycles. The van der Waals surface area contributed by atoms with E-state index in [0.29, 0.717) is 5.82 Å². The monoisotopic (exact) mass is 215 g/mol. The van der Waals surface area contributed by atoms with Crippen molar-refractivity contribution >= 4 is 0 Å². The van der Waals surface area contributed by atoms with E-state index in [9.17, 15) is 0 Å². The maximum Gasteiger partial charge on any atom is 0.195 e. The highest BCUT2D eigenvalue weighted by atomic mass is 16.3. The van der Waals surface area contributed by atoms with Crippen LogP contribution in [0.1, 0.15) is 11.3 Å². The van der Waals surface area contributed by atoms with E-state index in [2.05, 4.69) is 21.9 Å². The first-order chi connectivity index (χ1) is 7.83. The lowest BCUT2D eigenvalue weighted by Crippen LogP contribution is -2.27. The van der Waals surface area contributed by atoms with Gasteiger partial charge in [-0.15, -0.1) is 0 Å². The van der Waals surface area contributed by atoms with Crippen LogP contribution in [0.5, 0.6) is 0 Å². The molecular formula is C12H13N3O. The van der Waals surface area contributed by atoms with E-state index in [4.69, 9.17) is 4.42 Å². The topological polar surface area (TPSA) is 42.2 Å². The van der Waals surface area contributed by atoms with Crippen LogP contribution in [0, 0.1) is 0 Å². The van der Waals surface area contributed by atoms with Gasteiger partial charge >= 0.3 is 0 Å². The third-order valence-corrected chi connectivity index (χ3v) is 2.87. The van der Waals surface area contributed by atoms with Crippen molar-refractivity contribution in [2.45, 2.75) is 13.0 Å². The third-order valence-electron chi connectivity index (χ3n) is 2.87. The fraction of sp³-hybridized carbons (Fsp3) is 0.333. The smallest absolute Gasteiger partial charge is 0.195 e. The Labute approximate surface area is 93.9 Å². The second-order valence-electron chi connectivity index (χ2n) is 4.13. The van der Waals surface area contributed by atoms with Crippen molar-refractivity contribution in [1.29, 1.82) is 0 Å². The standard InChI is InChI=1S/C12H13N3O/c1-15-5-4-10-9(8-15)7-13-12(14-10)11-3-2-6-16-11/h2-3,6-7H,4-5,8H2,1H3. The summed E-state index contributed by atoms with van der Waals surface area (Å²) in [5.41, 5.74) is 2.38. The first-order valence-electron chi connectivity index (χ1n) is 5.40. The number of aromatic nitrogens is 2. The van der Waals surface area contributed by atoms with Crippen molar-refractivity contribution < 1.29 is 4.42 Å². The Balaban J connectivity index is 2.00. The minimum atomic E-state index is 0.688. The summed E-state index contributed by atoms with van der Waals surface area (Å²) in [4.78, 5) is 11.2. The lowest BCUT2D eigenvalue weighted by Gasteiger charge is -2.23. The van der Waals surface area contributed by atoms with Crippen LogP contribution in [-0.4, -0.2) is 28.5 Å². The first kappa shape index (κ1) is 9.54. The quantitative estimate of drug-likeness (QED) is 0.726. The maximum atomic E-state index is 5.30. The van der Waals surface area contributed by atoms with Gasteiger partial charge in [-0.05, 0) is 19.2 Å². The molecule has 0 fully saturated rings. The molecule has 0 spiro atoms. The highest BCUT2D eigenvalue weighted by Gasteiger charge is 2.16. The molecule has 0 unspecified atom stereocenters. The highest BCUT2D eigenvalue weighted by molar-refractivity contribution is 5.46. The summed E-state index contributed by atoms with van der Waals surface area (Å²) in [6.45, 7) is 2.00. The van der Waals surface area contributed by atoms with Gasteiger partial charge in [-0.25, -0.2) is 9.97 Å². The van der Waals surface area contributed by atoms with Crippen molar-refractivity contribution in [3.8, 4) is 11.6 Å². The van der Waals surface area contributed by atoms with E-state index in [-0.39, 0.29) is 0 Å². The molecular weight excluding hydrogens is 202 g/mol. The van der Waals surface area contributed by atoms with Gasteiger partial charge in [-0.3, -0.25) is 0 Å². The largest absolute Gasteiger partial charge is 0.461 e. The summed E-state index contributed by atoms with van der Waals surface area (Å²) in [5.74, 6) is 1.43. The average Bonchev–Trinajstić information content (AvgIpc) is 2.82. The van der Waals surface area contributed by atoms with Crippen LogP contribution in [0.2, 0.25) is 0 Å². The van der Waals surface area contributed by atoms with Gasteiger partial charge in [0.1, 0.15) is 0 Å². The number of likely N-dealkylation sites (N-methyl/N-ethyl adjacent to an activating group) is 1.